The molecule has 1 amide bonds. The molecule has 0 radical (unpaired) electrons. The van der Waals surface area contributed by atoms with E-state index < -0.39 is 0 Å². The van der Waals surface area contributed by atoms with Gasteiger partial charge in [0.15, 0.2) is 0 Å². The van der Waals surface area contributed by atoms with Gasteiger partial charge in [0.25, 0.3) is 11.5 Å². The summed E-state index contributed by atoms with van der Waals surface area (Å²) >= 11 is 1.76. The molecule has 0 atom stereocenters. The molecule has 3 heterocycles. The Morgan fingerprint density at radius 1 is 1.38 bits per heavy atom. The van der Waals surface area contributed by atoms with Gasteiger partial charge in [0.1, 0.15) is 5.75 Å². The van der Waals surface area contributed by atoms with E-state index in [1.165, 1.54) is 29.3 Å². The van der Waals surface area contributed by atoms with E-state index in [0.29, 0.717) is 30.3 Å². The van der Waals surface area contributed by atoms with Crippen LogP contribution >= 0.6 is 11.3 Å². The first-order chi connectivity index (χ1) is 11.5. The molecule has 1 saturated heterocycles. The lowest BCUT2D eigenvalue weighted by Gasteiger charge is -2.31. The lowest BCUT2D eigenvalue weighted by atomic mass is 9.97. The minimum Gasteiger partial charge on any atom is -0.496 e. The molecule has 1 aliphatic rings. The number of aromatic nitrogens is 2. The third kappa shape index (κ3) is 3.21. The van der Waals surface area contributed by atoms with Crippen molar-refractivity contribution in [3.8, 4) is 5.75 Å². The van der Waals surface area contributed by atoms with Gasteiger partial charge in [0.05, 0.1) is 23.4 Å². The number of H-pyrrole nitrogens is 1. The van der Waals surface area contributed by atoms with E-state index in [1.807, 2.05) is 11.8 Å². The summed E-state index contributed by atoms with van der Waals surface area (Å²) in [6, 6.07) is 1.31. The largest absolute Gasteiger partial charge is 0.496 e. The molecule has 7 heteroatoms. The minimum absolute atomic E-state index is 0.104. The third-order valence-corrected chi connectivity index (χ3v) is 5.75. The zero-order valence-electron chi connectivity index (χ0n) is 14.1. The number of rotatable bonds is 3. The number of methoxy groups -OCH3 is 1. The first-order valence-electron chi connectivity index (χ1n) is 7.99. The molecule has 2 aromatic heterocycles. The molecule has 1 aliphatic heterocycles. The maximum absolute atomic E-state index is 12.7. The number of nitrogens with zero attached hydrogens (tertiary/aromatic N) is 2. The minimum atomic E-state index is -0.281. The molecule has 0 unspecified atom stereocenters. The first-order valence-corrected chi connectivity index (χ1v) is 8.81. The molecule has 0 spiro atoms. The maximum Gasteiger partial charge on any atom is 0.259 e. The van der Waals surface area contributed by atoms with Crippen LogP contribution in [0.3, 0.4) is 0 Å². The highest BCUT2D eigenvalue weighted by molar-refractivity contribution is 7.11. The van der Waals surface area contributed by atoms with Crippen molar-refractivity contribution in [1.82, 2.24) is 14.9 Å². The number of aromatic amines is 1. The lowest BCUT2D eigenvalue weighted by molar-refractivity contribution is 0.0709. The van der Waals surface area contributed by atoms with Gasteiger partial charge in [0.2, 0.25) is 0 Å². The fraction of sp³-hybridized carbons (Fsp3) is 0.471. The Morgan fingerprint density at radius 3 is 2.67 bits per heavy atom. The molecule has 128 valence electrons. The van der Waals surface area contributed by atoms with Crippen molar-refractivity contribution >= 4 is 17.2 Å². The molecule has 0 saturated carbocycles. The van der Waals surface area contributed by atoms with Crippen LogP contribution in [0.1, 0.15) is 44.7 Å². The van der Waals surface area contributed by atoms with Crippen LogP contribution in [0.5, 0.6) is 5.75 Å². The van der Waals surface area contributed by atoms with Crippen LogP contribution in [0.25, 0.3) is 0 Å². The van der Waals surface area contributed by atoms with Crippen LogP contribution < -0.4 is 10.3 Å². The van der Waals surface area contributed by atoms with Crippen LogP contribution in [-0.4, -0.2) is 41.0 Å². The Balaban J connectivity index is 1.70. The van der Waals surface area contributed by atoms with Gasteiger partial charge in [-0.25, -0.2) is 4.98 Å². The number of hydrogen-bond donors (Lipinski definition) is 1. The molecule has 1 fully saturated rings. The van der Waals surface area contributed by atoms with E-state index in [0.717, 1.165) is 18.5 Å². The highest BCUT2D eigenvalue weighted by atomic mass is 32.1. The average Bonchev–Trinajstić information content (AvgIpc) is 2.93. The fourth-order valence-corrected chi connectivity index (χ4v) is 4.05. The van der Waals surface area contributed by atoms with E-state index in [1.54, 1.807) is 11.3 Å². The first kappa shape index (κ1) is 16.7. The standard InChI is InChI=1S/C17H21N3O3S/c1-10-11(2)24-16(19-10)12-4-6-20(7-5-12)17(22)13-9-18-15(21)8-14(13)23-3/h8-9,12H,4-7H2,1-3H3,(H,18,21). The summed E-state index contributed by atoms with van der Waals surface area (Å²) in [5.41, 5.74) is 1.22. The molecular formula is C17H21N3O3S. The smallest absolute Gasteiger partial charge is 0.259 e. The van der Waals surface area contributed by atoms with E-state index >= 15 is 0 Å². The van der Waals surface area contributed by atoms with Gasteiger partial charge >= 0.3 is 0 Å². The van der Waals surface area contributed by atoms with Crippen LogP contribution in [-0.2, 0) is 0 Å². The zero-order valence-corrected chi connectivity index (χ0v) is 14.9. The molecule has 3 rings (SSSR count). The van der Waals surface area contributed by atoms with Crippen LogP contribution in [0, 0.1) is 13.8 Å². The van der Waals surface area contributed by atoms with Crippen LogP contribution in [0.4, 0.5) is 0 Å². The van der Waals surface area contributed by atoms with Crippen LogP contribution in [0.2, 0.25) is 0 Å². The SMILES string of the molecule is COc1cc(=O)[nH]cc1C(=O)N1CCC(c2nc(C)c(C)s2)CC1. The van der Waals surface area contributed by atoms with Crippen molar-refractivity contribution in [2.45, 2.75) is 32.6 Å². The number of carbonyl (C=O) groups is 1. The monoisotopic (exact) mass is 347 g/mol. The van der Waals surface area contributed by atoms with E-state index in [2.05, 4.69) is 16.9 Å². The zero-order chi connectivity index (χ0) is 17.3. The summed E-state index contributed by atoms with van der Waals surface area (Å²) in [6.45, 7) is 5.50. The topological polar surface area (TPSA) is 75.3 Å². The number of pyridine rings is 1. The summed E-state index contributed by atoms with van der Waals surface area (Å²) in [5, 5.41) is 1.18. The highest BCUT2D eigenvalue weighted by Crippen LogP contribution is 2.33. The number of likely N-dealkylation sites (tertiary alicyclic amines) is 1. The van der Waals surface area contributed by atoms with Gasteiger partial charge in [-0.3, -0.25) is 9.59 Å². The Kier molecular flexibility index (Phi) is 4.71. The highest BCUT2D eigenvalue weighted by Gasteiger charge is 2.28. The Labute approximate surface area is 144 Å². The van der Waals surface area contributed by atoms with Gasteiger partial charge in [-0.1, -0.05) is 0 Å². The number of piperidine rings is 1. The molecule has 2 aromatic rings. The van der Waals surface area contributed by atoms with E-state index in [9.17, 15) is 9.59 Å². The summed E-state index contributed by atoms with van der Waals surface area (Å²) in [7, 11) is 1.46. The second-order valence-electron chi connectivity index (χ2n) is 6.04. The number of thiazole rings is 1. The Morgan fingerprint density at radius 2 is 2.08 bits per heavy atom. The number of aryl methyl sites for hydroxylation is 2. The van der Waals surface area contributed by atoms with Gasteiger partial charge < -0.3 is 14.6 Å². The van der Waals surface area contributed by atoms with Crippen molar-refractivity contribution in [2.24, 2.45) is 0 Å². The van der Waals surface area contributed by atoms with Crippen molar-refractivity contribution in [3.63, 3.8) is 0 Å². The number of amides is 1. The Hall–Kier alpha value is -2.15. The van der Waals surface area contributed by atoms with Crippen molar-refractivity contribution in [1.29, 1.82) is 0 Å². The number of nitrogens with one attached hydrogen (secondary N) is 1. The molecule has 0 aromatic carbocycles. The molecule has 1 N–H and O–H groups in total. The molecule has 0 aliphatic carbocycles. The second kappa shape index (κ2) is 6.76. The number of hydrogen-bond acceptors (Lipinski definition) is 5. The summed E-state index contributed by atoms with van der Waals surface area (Å²) in [4.78, 5) is 34.4. The number of carbonyl (C=O) groups excluding carboxylic acids is 1. The van der Waals surface area contributed by atoms with Gasteiger partial charge in [-0.2, -0.15) is 0 Å². The molecule has 6 nitrogen and oxygen atoms in total. The third-order valence-electron chi connectivity index (χ3n) is 4.51. The van der Waals surface area contributed by atoms with Crippen molar-refractivity contribution in [3.05, 3.63) is 43.8 Å². The van der Waals surface area contributed by atoms with E-state index in [4.69, 9.17) is 4.74 Å². The van der Waals surface area contributed by atoms with Gasteiger partial charge in [0, 0.05) is 36.1 Å². The molecule has 0 bridgehead atoms. The lowest BCUT2D eigenvalue weighted by Crippen LogP contribution is -2.38. The maximum atomic E-state index is 12.7. The fourth-order valence-electron chi connectivity index (χ4n) is 2.96. The van der Waals surface area contributed by atoms with Crippen molar-refractivity contribution < 1.29 is 9.53 Å². The van der Waals surface area contributed by atoms with Crippen LogP contribution in [0.15, 0.2) is 17.1 Å². The Bertz CT molecular complexity index is 784. The van der Waals surface area contributed by atoms with Crippen molar-refractivity contribution in [2.75, 3.05) is 20.2 Å². The predicted molar refractivity (Wildman–Crippen MR) is 93.1 cm³/mol. The molecular weight excluding hydrogens is 326 g/mol. The summed E-state index contributed by atoms with van der Waals surface area (Å²) < 4.78 is 5.17. The summed E-state index contributed by atoms with van der Waals surface area (Å²) in [5.74, 6) is 0.633. The normalized spacial score (nSPS) is 15.5. The summed E-state index contributed by atoms with van der Waals surface area (Å²) in [6.07, 6.45) is 3.25. The molecule has 24 heavy (non-hydrogen) atoms. The second-order valence-corrected chi connectivity index (χ2v) is 7.27. The quantitative estimate of drug-likeness (QED) is 0.925. The van der Waals surface area contributed by atoms with E-state index in [-0.39, 0.29) is 11.5 Å². The predicted octanol–water partition coefficient (Wildman–Crippen LogP) is 2.48. The number of ether oxygens (including phenoxy) is 1. The average molecular weight is 347 g/mol. The van der Waals surface area contributed by atoms with Gasteiger partial charge in [-0.05, 0) is 26.7 Å². The van der Waals surface area contributed by atoms with Gasteiger partial charge in [-0.15, -0.1) is 11.3 Å².